The minimum absolute atomic E-state index is 0.0637. The quantitative estimate of drug-likeness (QED) is 0.806. The van der Waals surface area contributed by atoms with Crippen LogP contribution in [0.1, 0.15) is 22.9 Å². The van der Waals surface area contributed by atoms with Crippen molar-refractivity contribution in [3.05, 3.63) is 52.9 Å². The Morgan fingerprint density at radius 1 is 1.29 bits per heavy atom. The van der Waals surface area contributed by atoms with E-state index in [0.717, 1.165) is 28.5 Å². The maximum atomic E-state index is 15.1. The molecular formula is C17H19F3N4O3S. The van der Waals surface area contributed by atoms with E-state index in [1.165, 1.54) is 6.20 Å². The Morgan fingerprint density at radius 2 is 2.04 bits per heavy atom. The van der Waals surface area contributed by atoms with E-state index in [1.54, 1.807) is 4.90 Å². The molecule has 4 atom stereocenters. The summed E-state index contributed by atoms with van der Waals surface area (Å²) >= 11 is 0. The van der Waals surface area contributed by atoms with E-state index < -0.39 is 46.0 Å². The summed E-state index contributed by atoms with van der Waals surface area (Å²) in [5.41, 5.74) is 7.10. The van der Waals surface area contributed by atoms with Crippen molar-refractivity contribution >= 4 is 10.0 Å². The van der Waals surface area contributed by atoms with Crippen LogP contribution in [-0.2, 0) is 27.8 Å². The van der Waals surface area contributed by atoms with Crippen molar-refractivity contribution in [3.8, 4) is 0 Å². The Labute approximate surface area is 159 Å². The second-order valence-electron chi connectivity index (χ2n) is 7.15. The second kappa shape index (κ2) is 6.83. The highest BCUT2D eigenvalue weighted by Gasteiger charge is 2.44. The Morgan fingerprint density at radius 3 is 2.71 bits per heavy atom. The molecule has 1 aromatic heterocycles. The first-order valence-electron chi connectivity index (χ1n) is 8.63. The SMILES string of the molecule is CS(=O)(=O)n1cc2c(n1)CN([C@H]1CO[C@H](c3cc(F)ccc3F)[C@@H](N)[C@@H]1F)C2. The number of hydrogen-bond acceptors (Lipinski definition) is 6. The smallest absolute Gasteiger partial charge is 0.250 e. The molecular weight excluding hydrogens is 397 g/mol. The minimum Gasteiger partial charge on any atom is -0.370 e. The molecule has 0 unspecified atom stereocenters. The standard InChI is InChI=1S/C17H19F3N4O3S/c1-28(25,26)24-6-9-5-23(7-13(9)22-24)14-8-27-17(16(21)15(14)20)11-4-10(18)2-3-12(11)19/h2-4,6,14-17H,5,7-8,21H2,1H3/t14-,15+,16-,17+/m0/s1. The van der Waals surface area contributed by atoms with Gasteiger partial charge in [0.2, 0.25) is 0 Å². The number of aromatic nitrogens is 2. The van der Waals surface area contributed by atoms with Gasteiger partial charge in [-0.15, -0.1) is 0 Å². The lowest BCUT2D eigenvalue weighted by Crippen LogP contribution is -2.56. The van der Waals surface area contributed by atoms with Gasteiger partial charge in [0.1, 0.15) is 23.9 Å². The summed E-state index contributed by atoms with van der Waals surface area (Å²) in [6, 6.07) is 1.01. The van der Waals surface area contributed by atoms with Crippen LogP contribution in [0.4, 0.5) is 13.2 Å². The monoisotopic (exact) mass is 416 g/mol. The number of benzene rings is 1. The highest BCUT2D eigenvalue weighted by atomic mass is 32.2. The van der Waals surface area contributed by atoms with Gasteiger partial charge in [-0.2, -0.15) is 9.19 Å². The average Bonchev–Trinajstić information content (AvgIpc) is 3.18. The molecule has 1 saturated heterocycles. The molecule has 3 heterocycles. The van der Waals surface area contributed by atoms with Gasteiger partial charge in [-0.25, -0.2) is 21.6 Å². The summed E-state index contributed by atoms with van der Waals surface area (Å²) in [5, 5.41) is 4.04. The lowest BCUT2D eigenvalue weighted by atomic mass is 9.91. The molecule has 0 amide bonds. The predicted octanol–water partition coefficient (Wildman–Crippen LogP) is 1.09. The molecule has 4 rings (SSSR count). The fourth-order valence-electron chi connectivity index (χ4n) is 3.72. The van der Waals surface area contributed by atoms with Gasteiger partial charge in [-0.1, -0.05) is 0 Å². The van der Waals surface area contributed by atoms with Gasteiger partial charge in [-0.3, -0.25) is 4.90 Å². The molecule has 152 valence electrons. The van der Waals surface area contributed by atoms with E-state index >= 15 is 4.39 Å². The number of halogens is 3. The number of nitrogens with two attached hydrogens (primary N) is 1. The lowest BCUT2D eigenvalue weighted by Gasteiger charge is -2.41. The molecule has 28 heavy (non-hydrogen) atoms. The topological polar surface area (TPSA) is 90.5 Å². The van der Waals surface area contributed by atoms with Crippen LogP contribution in [0.5, 0.6) is 0 Å². The average molecular weight is 416 g/mol. The molecule has 0 bridgehead atoms. The Balaban J connectivity index is 1.50. The Hall–Kier alpha value is -1.95. The van der Waals surface area contributed by atoms with Crippen molar-refractivity contribution in [1.82, 2.24) is 14.1 Å². The highest BCUT2D eigenvalue weighted by molar-refractivity contribution is 7.89. The maximum absolute atomic E-state index is 15.1. The highest BCUT2D eigenvalue weighted by Crippen LogP contribution is 2.35. The third-order valence-corrected chi connectivity index (χ3v) is 6.05. The molecule has 1 fully saturated rings. The van der Waals surface area contributed by atoms with Crippen molar-refractivity contribution in [2.45, 2.75) is 37.4 Å². The van der Waals surface area contributed by atoms with E-state index in [9.17, 15) is 17.2 Å². The molecule has 11 heteroatoms. The predicted molar refractivity (Wildman–Crippen MR) is 93.4 cm³/mol. The normalized spacial score (nSPS) is 28.5. The number of ether oxygens (including phenoxy) is 1. The van der Waals surface area contributed by atoms with Crippen molar-refractivity contribution < 1.29 is 26.3 Å². The molecule has 0 spiro atoms. The van der Waals surface area contributed by atoms with E-state index in [1.807, 2.05) is 0 Å². The number of hydrogen-bond donors (Lipinski definition) is 1. The summed E-state index contributed by atoms with van der Waals surface area (Å²) < 4.78 is 72.2. The first kappa shape index (κ1) is 19.4. The third-order valence-electron chi connectivity index (χ3n) is 5.19. The summed E-state index contributed by atoms with van der Waals surface area (Å²) in [7, 11) is -3.49. The lowest BCUT2D eigenvalue weighted by molar-refractivity contribution is -0.0932. The van der Waals surface area contributed by atoms with E-state index in [2.05, 4.69) is 5.10 Å². The second-order valence-corrected chi connectivity index (χ2v) is 8.99. The molecule has 0 saturated carbocycles. The van der Waals surface area contributed by atoms with Gasteiger partial charge in [0, 0.05) is 30.4 Å². The van der Waals surface area contributed by atoms with Crippen LogP contribution < -0.4 is 5.73 Å². The summed E-state index contributed by atoms with van der Waals surface area (Å²) in [6.07, 6.45) is -0.190. The van der Waals surface area contributed by atoms with Crippen LogP contribution in [0.25, 0.3) is 0 Å². The minimum atomic E-state index is -3.49. The van der Waals surface area contributed by atoms with E-state index in [0.29, 0.717) is 17.8 Å². The Kier molecular flexibility index (Phi) is 4.73. The van der Waals surface area contributed by atoms with Crippen molar-refractivity contribution in [2.24, 2.45) is 5.73 Å². The van der Waals surface area contributed by atoms with Gasteiger partial charge >= 0.3 is 0 Å². The van der Waals surface area contributed by atoms with Crippen LogP contribution >= 0.6 is 0 Å². The number of nitrogens with zero attached hydrogens (tertiary/aromatic N) is 3. The van der Waals surface area contributed by atoms with Gasteiger partial charge in [0.25, 0.3) is 10.0 Å². The number of alkyl halides is 1. The van der Waals surface area contributed by atoms with Crippen LogP contribution in [0.2, 0.25) is 0 Å². The van der Waals surface area contributed by atoms with Crippen molar-refractivity contribution in [3.63, 3.8) is 0 Å². The maximum Gasteiger partial charge on any atom is 0.250 e. The van der Waals surface area contributed by atoms with Gasteiger partial charge in [0.15, 0.2) is 0 Å². The Bertz CT molecular complexity index is 990. The largest absolute Gasteiger partial charge is 0.370 e. The molecule has 2 aliphatic rings. The molecule has 0 radical (unpaired) electrons. The summed E-state index contributed by atoms with van der Waals surface area (Å²) in [4.78, 5) is 1.76. The van der Waals surface area contributed by atoms with E-state index in [4.69, 9.17) is 10.5 Å². The zero-order valence-electron chi connectivity index (χ0n) is 14.9. The first-order chi connectivity index (χ1) is 13.1. The molecule has 2 aliphatic heterocycles. The van der Waals surface area contributed by atoms with Crippen molar-refractivity contribution in [2.75, 3.05) is 12.9 Å². The van der Waals surface area contributed by atoms with Crippen LogP contribution in [0.15, 0.2) is 24.4 Å². The van der Waals surface area contributed by atoms with Gasteiger partial charge < -0.3 is 10.5 Å². The molecule has 0 aliphatic carbocycles. The summed E-state index contributed by atoms with van der Waals surface area (Å²) in [6.45, 7) is 0.481. The van der Waals surface area contributed by atoms with Gasteiger partial charge in [0.05, 0.1) is 30.6 Å². The number of rotatable bonds is 3. The van der Waals surface area contributed by atoms with Crippen LogP contribution in [0.3, 0.4) is 0 Å². The molecule has 2 aromatic rings. The fourth-order valence-corrected chi connectivity index (χ4v) is 4.29. The third kappa shape index (κ3) is 3.32. The molecule has 2 N–H and O–H groups in total. The van der Waals surface area contributed by atoms with Crippen molar-refractivity contribution in [1.29, 1.82) is 0 Å². The fraction of sp³-hybridized carbons (Fsp3) is 0.471. The molecule has 1 aromatic carbocycles. The van der Waals surface area contributed by atoms with Crippen LogP contribution in [0, 0.1) is 11.6 Å². The van der Waals surface area contributed by atoms with Crippen LogP contribution in [-0.4, -0.2) is 53.6 Å². The summed E-state index contributed by atoms with van der Waals surface area (Å²) in [5.74, 6) is -1.36. The zero-order valence-corrected chi connectivity index (χ0v) is 15.7. The van der Waals surface area contributed by atoms with E-state index in [-0.39, 0.29) is 18.7 Å². The molecule has 7 nitrogen and oxygen atoms in total. The zero-order chi connectivity index (χ0) is 20.2. The number of fused-ring (bicyclic) bond motifs is 1. The van der Waals surface area contributed by atoms with Gasteiger partial charge in [-0.05, 0) is 18.2 Å². The first-order valence-corrected chi connectivity index (χ1v) is 10.5.